The van der Waals surface area contributed by atoms with E-state index in [1.165, 1.54) is 12.0 Å². The second-order valence-corrected chi connectivity index (χ2v) is 3.52. The van der Waals surface area contributed by atoms with Crippen molar-refractivity contribution in [2.75, 3.05) is 13.7 Å². The van der Waals surface area contributed by atoms with Crippen LogP contribution in [0.1, 0.15) is 6.42 Å². The molecule has 0 spiro atoms. The lowest BCUT2D eigenvalue weighted by Gasteiger charge is -2.28. The number of nitrogens with zero attached hydrogens (tertiary/aromatic N) is 1. The predicted octanol–water partition coefficient (Wildman–Crippen LogP) is -0.168. The number of hydrogen-bond donors (Lipinski definition) is 1. The first-order valence-corrected chi connectivity index (χ1v) is 4.41. The largest absolute Gasteiger partial charge is 0.499 e. The van der Waals surface area contributed by atoms with Gasteiger partial charge in [0, 0.05) is 18.9 Å². The Bertz CT molecular complexity index is 323. The molecule has 2 heterocycles. The van der Waals surface area contributed by atoms with E-state index < -0.39 is 12.0 Å². The van der Waals surface area contributed by atoms with Crippen LogP contribution in [0.25, 0.3) is 0 Å². The fraction of sp³-hybridized carbons (Fsp3) is 0.556. The highest BCUT2D eigenvalue weighted by Crippen LogP contribution is 2.31. The summed E-state index contributed by atoms with van der Waals surface area (Å²) < 4.78 is 4.98. The lowest BCUT2D eigenvalue weighted by atomic mass is 10.0. The number of amides is 1. The summed E-state index contributed by atoms with van der Waals surface area (Å²) in [5.41, 5.74) is 0. The molecule has 2 aliphatic heterocycles. The van der Waals surface area contributed by atoms with Crippen molar-refractivity contribution in [2.45, 2.75) is 12.5 Å². The van der Waals surface area contributed by atoms with E-state index >= 15 is 0 Å². The maximum Gasteiger partial charge on any atom is 0.334 e. The number of carbonyl (C=O) groups is 2. The lowest BCUT2D eigenvalue weighted by Crippen LogP contribution is -2.45. The zero-order valence-electron chi connectivity index (χ0n) is 7.77. The molecule has 2 atom stereocenters. The van der Waals surface area contributed by atoms with E-state index in [-0.39, 0.29) is 11.8 Å². The predicted molar refractivity (Wildman–Crippen MR) is 46.3 cm³/mol. The lowest BCUT2D eigenvalue weighted by molar-refractivity contribution is -0.148. The number of rotatable bonds is 2. The second kappa shape index (κ2) is 3.01. The first-order valence-electron chi connectivity index (χ1n) is 4.41. The molecule has 5 heteroatoms. The summed E-state index contributed by atoms with van der Waals surface area (Å²) in [6, 6.07) is -0.925. The van der Waals surface area contributed by atoms with Crippen LogP contribution in [0, 0.1) is 5.92 Å². The Morgan fingerprint density at radius 3 is 3.00 bits per heavy atom. The maximum absolute atomic E-state index is 11.4. The van der Waals surface area contributed by atoms with Gasteiger partial charge in [-0.15, -0.1) is 0 Å². The monoisotopic (exact) mass is 197 g/mol. The van der Waals surface area contributed by atoms with E-state index in [9.17, 15) is 9.59 Å². The van der Waals surface area contributed by atoms with E-state index in [4.69, 9.17) is 9.84 Å². The fourth-order valence-corrected chi connectivity index (χ4v) is 2.03. The zero-order valence-corrected chi connectivity index (χ0v) is 7.77. The third-order valence-electron chi connectivity index (χ3n) is 2.64. The third kappa shape index (κ3) is 1.16. The summed E-state index contributed by atoms with van der Waals surface area (Å²) in [7, 11) is 1.43. The summed E-state index contributed by atoms with van der Waals surface area (Å²) in [4.78, 5) is 23.7. The molecule has 1 fully saturated rings. The van der Waals surface area contributed by atoms with Gasteiger partial charge in [-0.2, -0.15) is 0 Å². The molecule has 0 aliphatic carbocycles. The van der Waals surface area contributed by atoms with E-state index in [2.05, 4.69) is 0 Å². The first-order chi connectivity index (χ1) is 6.63. The third-order valence-corrected chi connectivity index (χ3v) is 2.64. The Morgan fingerprint density at radius 2 is 2.43 bits per heavy atom. The molecule has 1 N–H and O–H groups in total. The highest BCUT2D eigenvalue weighted by Gasteiger charge is 2.43. The minimum atomic E-state index is -1.04. The molecule has 5 nitrogen and oxygen atoms in total. The Kier molecular flexibility index (Phi) is 1.94. The number of carboxylic acid groups (broad SMARTS) is 1. The second-order valence-electron chi connectivity index (χ2n) is 3.52. The highest BCUT2D eigenvalue weighted by molar-refractivity contribution is 5.88. The van der Waals surface area contributed by atoms with Gasteiger partial charge in [-0.3, -0.25) is 4.79 Å². The average Bonchev–Trinajstić information content (AvgIpc) is 2.41. The average molecular weight is 197 g/mol. The molecular formula is C9H11NO4. The van der Waals surface area contributed by atoms with Gasteiger partial charge in [-0.1, -0.05) is 0 Å². The number of ether oxygens (including phenoxy) is 1. The standard InChI is InChI=1S/C9H11NO4/c1-14-6-2-5-3-7(11)10(4-5)8(6)9(12)13/h2,5,8H,3-4H2,1H3,(H,12,13)/t5-,8-/m1/s1. The van der Waals surface area contributed by atoms with Crippen molar-refractivity contribution in [3.8, 4) is 0 Å². The van der Waals surface area contributed by atoms with Crippen LogP contribution in [0.15, 0.2) is 11.8 Å². The number of fused-ring (bicyclic) bond motifs is 2. The molecule has 0 aromatic rings. The molecular weight excluding hydrogens is 186 g/mol. The first kappa shape index (κ1) is 9.05. The highest BCUT2D eigenvalue weighted by atomic mass is 16.5. The summed E-state index contributed by atoms with van der Waals surface area (Å²) in [6.07, 6.45) is 2.15. The van der Waals surface area contributed by atoms with Crippen molar-refractivity contribution in [2.24, 2.45) is 5.92 Å². The zero-order chi connectivity index (χ0) is 10.3. The smallest absolute Gasteiger partial charge is 0.334 e. The number of carbonyl (C=O) groups excluding carboxylic acids is 1. The van der Waals surface area contributed by atoms with Gasteiger partial charge in [-0.25, -0.2) is 4.79 Å². The number of methoxy groups -OCH3 is 1. The van der Waals surface area contributed by atoms with Crippen LogP contribution in [0.2, 0.25) is 0 Å². The van der Waals surface area contributed by atoms with Crippen molar-refractivity contribution in [1.29, 1.82) is 0 Å². The van der Waals surface area contributed by atoms with Crippen molar-refractivity contribution < 1.29 is 19.4 Å². The van der Waals surface area contributed by atoms with E-state index in [0.29, 0.717) is 18.7 Å². The van der Waals surface area contributed by atoms with Crippen LogP contribution in [-0.4, -0.2) is 41.6 Å². The van der Waals surface area contributed by atoms with Crippen LogP contribution in [0.4, 0.5) is 0 Å². The molecule has 2 aliphatic rings. The molecule has 14 heavy (non-hydrogen) atoms. The van der Waals surface area contributed by atoms with Crippen molar-refractivity contribution in [3.05, 3.63) is 11.8 Å². The van der Waals surface area contributed by atoms with Crippen LogP contribution in [0.5, 0.6) is 0 Å². The van der Waals surface area contributed by atoms with Crippen LogP contribution in [0.3, 0.4) is 0 Å². The summed E-state index contributed by atoms with van der Waals surface area (Å²) >= 11 is 0. The SMILES string of the molecule is COC1=C[C@@H]2CC(=O)N(C2)[C@H]1C(=O)O. The van der Waals surface area contributed by atoms with Crippen molar-refractivity contribution >= 4 is 11.9 Å². The van der Waals surface area contributed by atoms with Gasteiger partial charge in [0.05, 0.1) is 7.11 Å². The van der Waals surface area contributed by atoms with Gasteiger partial charge in [-0.05, 0) is 6.08 Å². The van der Waals surface area contributed by atoms with Gasteiger partial charge < -0.3 is 14.7 Å². The summed E-state index contributed by atoms with van der Waals surface area (Å²) in [6.45, 7) is 0.503. The molecule has 0 unspecified atom stereocenters. The van der Waals surface area contributed by atoms with Crippen molar-refractivity contribution in [1.82, 2.24) is 4.90 Å². The van der Waals surface area contributed by atoms with Crippen LogP contribution < -0.4 is 0 Å². The molecule has 76 valence electrons. The topological polar surface area (TPSA) is 66.8 Å². The number of carboxylic acids is 1. The Labute approximate surface area is 80.9 Å². The molecule has 0 aromatic heterocycles. The summed E-state index contributed by atoms with van der Waals surface area (Å²) in [5.74, 6) is -0.648. The maximum atomic E-state index is 11.4. The minimum absolute atomic E-state index is 0.106. The van der Waals surface area contributed by atoms with E-state index in [0.717, 1.165) is 0 Å². The van der Waals surface area contributed by atoms with Gasteiger partial charge in [0.2, 0.25) is 5.91 Å². The molecule has 1 amide bonds. The summed E-state index contributed by atoms with van der Waals surface area (Å²) in [5, 5.41) is 8.96. The van der Waals surface area contributed by atoms with E-state index in [1.54, 1.807) is 6.08 Å². The molecule has 2 bridgehead atoms. The Balaban J connectivity index is 2.35. The minimum Gasteiger partial charge on any atom is -0.499 e. The van der Waals surface area contributed by atoms with Gasteiger partial charge in [0.15, 0.2) is 6.04 Å². The molecule has 0 saturated carbocycles. The Morgan fingerprint density at radius 1 is 1.71 bits per heavy atom. The Hall–Kier alpha value is -1.52. The molecule has 1 saturated heterocycles. The number of aliphatic carboxylic acids is 1. The van der Waals surface area contributed by atoms with Crippen LogP contribution >= 0.6 is 0 Å². The van der Waals surface area contributed by atoms with Gasteiger partial charge in [0.1, 0.15) is 5.76 Å². The van der Waals surface area contributed by atoms with E-state index in [1.807, 2.05) is 0 Å². The quantitative estimate of drug-likeness (QED) is 0.667. The molecule has 2 rings (SSSR count). The van der Waals surface area contributed by atoms with Gasteiger partial charge in [0.25, 0.3) is 0 Å². The van der Waals surface area contributed by atoms with Crippen LogP contribution in [-0.2, 0) is 14.3 Å². The molecule has 0 aromatic carbocycles. The van der Waals surface area contributed by atoms with Crippen molar-refractivity contribution in [3.63, 3.8) is 0 Å². The fourth-order valence-electron chi connectivity index (χ4n) is 2.03. The normalized spacial score (nSPS) is 30.2. The number of hydrogen-bond acceptors (Lipinski definition) is 3. The van der Waals surface area contributed by atoms with Gasteiger partial charge >= 0.3 is 5.97 Å². The molecule has 0 radical (unpaired) electrons.